The molecule has 1 aromatic carbocycles. The van der Waals surface area contributed by atoms with Gasteiger partial charge in [0.15, 0.2) is 0 Å². The molecule has 1 aliphatic rings. The van der Waals surface area contributed by atoms with Crippen molar-refractivity contribution in [1.82, 2.24) is 0 Å². The summed E-state index contributed by atoms with van der Waals surface area (Å²) in [5.74, 6) is 0.0322. The predicted octanol–water partition coefficient (Wildman–Crippen LogP) is 4.04. The molecule has 1 aromatic rings. The number of aliphatic hydroxyl groups excluding tert-OH is 1. The lowest BCUT2D eigenvalue weighted by Crippen LogP contribution is -2.27. The Labute approximate surface area is 118 Å². The fraction of sp³-hybridized carbons (Fsp3) is 0.538. The maximum Gasteiger partial charge on any atom is 0.418 e. The van der Waals surface area contributed by atoms with E-state index in [1.165, 1.54) is 6.07 Å². The summed E-state index contributed by atoms with van der Waals surface area (Å²) >= 11 is 3.06. The monoisotopic (exact) mass is 337 g/mol. The van der Waals surface area contributed by atoms with E-state index >= 15 is 0 Å². The lowest BCUT2D eigenvalue weighted by Gasteiger charge is -2.23. The molecule has 19 heavy (non-hydrogen) atoms. The van der Waals surface area contributed by atoms with Crippen LogP contribution in [0.1, 0.15) is 24.8 Å². The summed E-state index contributed by atoms with van der Waals surface area (Å²) in [5, 5.41) is 12.2. The van der Waals surface area contributed by atoms with Gasteiger partial charge in [0.2, 0.25) is 0 Å². The average Bonchev–Trinajstić information content (AvgIpc) is 2.77. The van der Waals surface area contributed by atoms with Crippen LogP contribution in [-0.4, -0.2) is 17.8 Å². The fourth-order valence-electron chi connectivity index (χ4n) is 2.52. The fourth-order valence-corrected chi connectivity index (χ4v) is 2.88. The Kier molecular flexibility index (Phi) is 4.40. The molecule has 0 amide bonds. The second kappa shape index (κ2) is 5.71. The zero-order valence-electron chi connectivity index (χ0n) is 10.2. The summed E-state index contributed by atoms with van der Waals surface area (Å²) in [7, 11) is 0. The van der Waals surface area contributed by atoms with E-state index in [0.29, 0.717) is 4.47 Å². The molecular formula is C13H15BrF3NO. The van der Waals surface area contributed by atoms with Crippen molar-refractivity contribution >= 4 is 21.6 Å². The first-order valence-electron chi connectivity index (χ1n) is 6.16. The third-order valence-electron chi connectivity index (χ3n) is 3.52. The molecule has 1 aliphatic carbocycles. The molecule has 0 heterocycles. The number of halogens is 4. The largest absolute Gasteiger partial charge is 0.418 e. The highest BCUT2D eigenvalue weighted by Crippen LogP contribution is 2.38. The third-order valence-corrected chi connectivity index (χ3v) is 4.01. The molecule has 6 heteroatoms. The summed E-state index contributed by atoms with van der Waals surface area (Å²) in [5.41, 5.74) is -0.591. The van der Waals surface area contributed by atoms with E-state index < -0.39 is 11.7 Å². The first-order chi connectivity index (χ1) is 8.91. The first-order valence-corrected chi connectivity index (χ1v) is 6.95. The van der Waals surface area contributed by atoms with Crippen LogP contribution in [-0.2, 0) is 6.18 Å². The van der Waals surface area contributed by atoms with Crippen molar-refractivity contribution in [3.63, 3.8) is 0 Å². The minimum absolute atomic E-state index is 0.00947. The molecule has 2 nitrogen and oxygen atoms in total. The maximum atomic E-state index is 13.0. The summed E-state index contributed by atoms with van der Waals surface area (Å²) in [6.07, 6.45) is -1.81. The van der Waals surface area contributed by atoms with E-state index in [2.05, 4.69) is 21.2 Å². The normalized spacial score (nSPS) is 23.6. The topological polar surface area (TPSA) is 32.3 Å². The van der Waals surface area contributed by atoms with Gasteiger partial charge in [0, 0.05) is 28.7 Å². The number of alkyl halides is 3. The minimum Gasteiger partial charge on any atom is -0.396 e. The highest BCUT2D eigenvalue weighted by Gasteiger charge is 2.35. The van der Waals surface area contributed by atoms with Crippen LogP contribution in [0.5, 0.6) is 0 Å². The highest BCUT2D eigenvalue weighted by molar-refractivity contribution is 9.10. The van der Waals surface area contributed by atoms with Gasteiger partial charge in [0.05, 0.1) is 5.56 Å². The molecule has 2 unspecified atom stereocenters. The Morgan fingerprint density at radius 3 is 2.68 bits per heavy atom. The number of rotatable bonds is 3. The van der Waals surface area contributed by atoms with Gasteiger partial charge in [-0.1, -0.05) is 22.4 Å². The number of benzene rings is 1. The highest BCUT2D eigenvalue weighted by atomic mass is 79.9. The van der Waals surface area contributed by atoms with Crippen molar-refractivity contribution in [1.29, 1.82) is 0 Å². The number of anilines is 1. The van der Waals surface area contributed by atoms with Crippen molar-refractivity contribution < 1.29 is 18.3 Å². The van der Waals surface area contributed by atoms with E-state index in [-0.39, 0.29) is 24.3 Å². The number of aliphatic hydroxyl groups is 1. The van der Waals surface area contributed by atoms with Gasteiger partial charge < -0.3 is 10.4 Å². The Hall–Kier alpha value is -0.750. The van der Waals surface area contributed by atoms with Crippen LogP contribution in [0, 0.1) is 5.92 Å². The smallest absolute Gasteiger partial charge is 0.396 e. The SMILES string of the molecule is OCC1CCCC1Nc1ccc(Br)cc1C(F)(F)F. The molecule has 2 N–H and O–H groups in total. The standard InChI is InChI=1S/C13H15BrF3NO/c14-9-4-5-12(10(6-9)13(15,16)17)18-11-3-1-2-8(11)7-19/h4-6,8,11,18-19H,1-3,7H2. The van der Waals surface area contributed by atoms with Crippen LogP contribution < -0.4 is 5.32 Å². The quantitative estimate of drug-likeness (QED) is 0.872. The van der Waals surface area contributed by atoms with Gasteiger partial charge in [0.25, 0.3) is 0 Å². The van der Waals surface area contributed by atoms with Crippen LogP contribution in [0.3, 0.4) is 0 Å². The predicted molar refractivity (Wildman–Crippen MR) is 71.0 cm³/mol. The maximum absolute atomic E-state index is 13.0. The first kappa shape index (κ1) is 14.7. The molecule has 0 aliphatic heterocycles. The lowest BCUT2D eigenvalue weighted by atomic mass is 10.0. The molecule has 2 rings (SSSR count). The molecular weight excluding hydrogens is 323 g/mol. The molecule has 1 saturated carbocycles. The van der Waals surface area contributed by atoms with Gasteiger partial charge >= 0.3 is 6.18 Å². The van der Waals surface area contributed by atoms with E-state index in [0.717, 1.165) is 25.3 Å². The average molecular weight is 338 g/mol. The molecule has 0 radical (unpaired) electrons. The van der Waals surface area contributed by atoms with Crippen molar-refractivity contribution in [2.24, 2.45) is 5.92 Å². The second-order valence-electron chi connectivity index (χ2n) is 4.81. The summed E-state index contributed by atoms with van der Waals surface area (Å²) in [6, 6.07) is 4.00. The van der Waals surface area contributed by atoms with Gasteiger partial charge in [0.1, 0.15) is 0 Å². The van der Waals surface area contributed by atoms with Crippen LogP contribution >= 0.6 is 15.9 Å². The number of hydrogen-bond acceptors (Lipinski definition) is 2. The summed E-state index contributed by atoms with van der Waals surface area (Å²) < 4.78 is 39.3. The van der Waals surface area contributed by atoms with Crippen LogP contribution in [0.15, 0.2) is 22.7 Å². The Morgan fingerprint density at radius 2 is 2.05 bits per heavy atom. The van der Waals surface area contributed by atoms with Gasteiger partial charge in [-0.15, -0.1) is 0 Å². The van der Waals surface area contributed by atoms with Crippen LogP contribution in [0.4, 0.5) is 18.9 Å². The van der Waals surface area contributed by atoms with Crippen LogP contribution in [0.25, 0.3) is 0 Å². The molecule has 1 fully saturated rings. The Bertz CT molecular complexity index is 450. The van der Waals surface area contributed by atoms with Crippen LogP contribution in [0.2, 0.25) is 0 Å². The molecule has 2 atom stereocenters. The van der Waals surface area contributed by atoms with E-state index in [1.54, 1.807) is 6.07 Å². The van der Waals surface area contributed by atoms with Crippen molar-refractivity contribution in [2.75, 3.05) is 11.9 Å². The van der Waals surface area contributed by atoms with E-state index in [4.69, 9.17) is 0 Å². The van der Waals surface area contributed by atoms with Crippen molar-refractivity contribution in [2.45, 2.75) is 31.5 Å². The molecule has 0 spiro atoms. The number of nitrogens with one attached hydrogen (secondary N) is 1. The zero-order chi connectivity index (χ0) is 14.0. The van der Waals surface area contributed by atoms with Crippen molar-refractivity contribution in [3.8, 4) is 0 Å². The van der Waals surface area contributed by atoms with E-state index in [9.17, 15) is 18.3 Å². The molecule has 0 saturated heterocycles. The molecule has 0 aromatic heterocycles. The van der Waals surface area contributed by atoms with Crippen molar-refractivity contribution in [3.05, 3.63) is 28.2 Å². The Balaban J connectivity index is 2.25. The van der Waals surface area contributed by atoms with Gasteiger partial charge in [-0.25, -0.2) is 0 Å². The summed E-state index contributed by atoms with van der Waals surface area (Å²) in [4.78, 5) is 0. The van der Waals surface area contributed by atoms with Gasteiger partial charge in [-0.2, -0.15) is 13.2 Å². The van der Waals surface area contributed by atoms with Gasteiger partial charge in [-0.05, 0) is 31.0 Å². The second-order valence-corrected chi connectivity index (χ2v) is 5.73. The lowest BCUT2D eigenvalue weighted by molar-refractivity contribution is -0.137. The molecule has 0 bridgehead atoms. The van der Waals surface area contributed by atoms with Gasteiger partial charge in [-0.3, -0.25) is 0 Å². The molecule has 106 valence electrons. The third kappa shape index (κ3) is 3.42. The van der Waals surface area contributed by atoms with E-state index in [1.807, 2.05) is 0 Å². The minimum atomic E-state index is -4.39. The Morgan fingerprint density at radius 1 is 1.32 bits per heavy atom. The summed E-state index contributed by atoms with van der Waals surface area (Å²) in [6.45, 7) is 0.00947. The number of hydrogen-bond donors (Lipinski definition) is 2. The zero-order valence-corrected chi connectivity index (χ0v) is 11.8.